The molecule has 2 aromatic carbocycles. The number of halogens is 1. The van der Waals surface area contributed by atoms with Crippen molar-refractivity contribution >= 4 is 33.6 Å². The van der Waals surface area contributed by atoms with Crippen molar-refractivity contribution < 1.29 is 9.47 Å². The first-order chi connectivity index (χ1) is 11.9. The highest BCUT2D eigenvalue weighted by Gasteiger charge is 2.05. The molecular formula is C20H23BrN2O2. The fourth-order valence-corrected chi connectivity index (χ4v) is 2.55. The van der Waals surface area contributed by atoms with Gasteiger partial charge in [-0.3, -0.25) is 4.98 Å². The summed E-state index contributed by atoms with van der Waals surface area (Å²) >= 11 is 0. The Morgan fingerprint density at radius 2 is 1.80 bits per heavy atom. The van der Waals surface area contributed by atoms with E-state index >= 15 is 0 Å². The zero-order chi connectivity index (χ0) is 16.6. The maximum absolute atomic E-state index is 5.71. The Morgan fingerprint density at radius 1 is 0.960 bits per heavy atom. The lowest BCUT2D eigenvalue weighted by molar-refractivity contribution is 0.315. The van der Waals surface area contributed by atoms with Crippen LogP contribution in [0.5, 0.6) is 11.5 Å². The van der Waals surface area contributed by atoms with Crippen molar-refractivity contribution in [1.82, 2.24) is 4.98 Å². The van der Waals surface area contributed by atoms with Crippen LogP contribution in [0.2, 0.25) is 0 Å². The minimum Gasteiger partial charge on any atom is -0.494 e. The van der Waals surface area contributed by atoms with Gasteiger partial charge in [0.25, 0.3) is 0 Å². The number of para-hydroxylation sites is 1. The predicted octanol–water partition coefficient (Wildman–Crippen LogP) is 5.09. The summed E-state index contributed by atoms with van der Waals surface area (Å²) in [6, 6.07) is 17.9. The molecule has 0 aliphatic rings. The highest BCUT2D eigenvalue weighted by Crippen LogP contribution is 2.27. The third-order valence-electron chi connectivity index (χ3n) is 3.64. The van der Waals surface area contributed by atoms with Crippen molar-refractivity contribution in [3.8, 4) is 11.5 Å². The van der Waals surface area contributed by atoms with E-state index in [1.54, 1.807) is 0 Å². The molecule has 4 nitrogen and oxygen atoms in total. The largest absolute Gasteiger partial charge is 0.494 e. The van der Waals surface area contributed by atoms with E-state index in [0.717, 1.165) is 41.1 Å². The topological polar surface area (TPSA) is 43.4 Å². The van der Waals surface area contributed by atoms with Crippen LogP contribution < -0.4 is 14.8 Å². The summed E-state index contributed by atoms with van der Waals surface area (Å²) in [6.07, 6.45) is 2.72. The van der Waals surface area contributed by atoms with E-state index in [9.17, 15) is 0 Å². The van der Waals surface area contributed by atoms with E-state index < -0.39 is 0 Å². The van der Waals surface area contributed by atoms with Crippen molar-refractivity contribution in [2.75, 3.05) is 25.1 Å². The molecule has 3 aromatic rings. The molecule has 3 rings (SSSR count). The van der Waals surface area contributed by atoms with E-state index in [1.807, 2.05) is 61.7 Å². The van der Waals surface area contributed by atoms with E-state index in [1.165, 1.54) is 0 Å². The number of ether oxygens (including phenoxy) is 2. The number of benzene rings is 2. The van der Waals surface area contributed by atoms with E-state index in [4.69, 9.17) is 9.47 Å². The van der Waals surface area contributed by atoms with Gasteiger partial charge in [-0.25, -0.2) is 0 Å². The van der Waals surface area contributed by atoms with Gasteiger partial charge in [0.05, 0.1) is 24.4 Å². The summed E-state index contributed by atoms with van der Waals surface area (Å²) < 4.78 is 11.4. The van der Waals surface area contributed by atoms with Gasteiger partial charge in [-0.05, 0) is 37.6 Å². The second-order valence-corrected chi connectivity index (χ2v) is 5.42. The molecule has 0 aliphatic carbocycles. The molecule has 5 heteroatoms. The molecule has 0 fully saturated rings. The number of fused-ring (bicyclic) bond motifs is 1. The monoisotopic (exact) mass is 402 g/mol. The second-order valence-electron chi connectivity index (χ2n) is 5.42. The normalized spacial score (nSPS) is 10.1. The van der Waals surface area contributed by atoms with E-state index in [2.05, 4.69) is 16.4 Å². The Labute approximate surface area is 159 Å². The zero-order valence-electron chi connectivity index (χ0n) is 14.3. The van der Waals surface area contributed by atoms with Gasteiger partial charge in [-0.15, -0.1) is 17.0 Å². The minimum absolute atomic E-state index is 0. The van der Waals surface area contributed by atoms with Gasteiger partial charge in [0.1, 0.15) is 11.5 Å². The van der Waals surface area contributed by atoms with Crippen LogP contribution in [0.1, 0.15) is 13.3 Å². The van der Waals surface area contributed by atoms with Crippen LogP contribution >= 0.6 is 17.0 Å². The van der Waals surface area contributed by atoms with Crippen LogP contribution in [-0.4, -0.2) is 24.7 Å². The molecular weight excluding hydrogens is 380 g/mol. The Kier molecular flexibility index (Phi) is 7.54. The summed E-state index contributed by atoms with van der Waals surface area (Å²) in [4.78, 5) is 4.48. The number of nitrogens with zero attached hydrogens (tertiary/aromatic N) is 1. The number of hydrogen-bond acceptors (Lipinski definition) is 4. The number of rotatable bonds is 8. The summed E-state index contributed by atoms with van der Waals surface area (Å²) in [6.45, 7) is 4.12. The van der Waals surface area contributed by atoms with Crippen LogP contribution in [0, 0.1) is 0 Å². The third-order valence-corrected chi connectivity index (χ3v) is 3.64. The lowest BCUT2D eigenvalue weighted by atomic mass is 10.1. The molecule has 0 saturated carbocycles. The Bertz CT molecular complexity index is 781. The molecule has 1 N–H and O–H groups in total. The van der Waals surface area contributed by atoms with Crippen LogP contribution in [0.15, 0.2) is 60.8 Å². The maximum Gasteiger partial charge on any atom is 0.122 e. The van der Waals surface area contributed by atoms with Crippen molar-refractivity contribution in [1.29, 1.82) is 0 Å². The van der Waals surface area contributed by atoms with Gasteiger partial charge in [0, 0.05) is 24.2 Å². The Hall–Kier alpha value is -2.27. The zero-order valence-corrected chi connectivity index (χ0v) is 16.0. The number of hydrogen-bond donors (Lipinski definition) is 1. The second kappa shape index (κ2) is 9.89. The van der Waals surface area contributed by atoms with Crippen LogP contribution in [0.4, 0.5) is 5.69 Å². The number of anilines is 1. The molecule has 0 unspecified atom stereocenters. The molecule has 0 spiro atoms. The molecule has 132 valence electrons. The van der Waals surface area contributed by atoms with Gasteiger partial charge in [-0.1, -0.05) is 24.3 Å². The first-order valence-corrected chi connectivity index (χ1v) is 8.30. The smallest absolute Gasteiger partial charge is 0.122 e. The van der Waals surface area contributed by atoms with E-state index in [0.29, 0.717) is 13.2 Å². The third kappa shape index (κ3) is 5.36. The van der Waals surface area contributed by atoms with Crippen LogP contribution in [0.25, 0.3) is 10.9 Å². The quantitative estimate of drug-likeness (QED) is 0.532. The number of aromatic nitrogens is 1. The molecule has 0 atom stereocenters. The van der Waals surface area contributed by atoms with Crippen molar-refractivity contribution in [3.05, 3.63) is 60.8 Å². The molecule has 25 heavy (non-hydrogen) atoms. The average Bonchev–Trinajstić information content (AvgIpc) is 2.62. The van der Waals surface area contributed by atoms with Gasteiger partial charge >= 0.3 is 0 Å². The molecule has 0 amide bonds. The minimum atomic E-state index is 0. The highest BCUT2D eigenvalue weighted by molar-refractivity contribution is 8.93. The van der Waals surface area contributed by atoms with Gasteiger partial charge in [-0.2, -0.15) is 0 Å². The van der Waals surface area contributed by atoms with Gasteiger partial charge in [0.15, 0.2) is 0 Å². The van der Waals surface area contributed by atoms with Crippen molar-refractivity contribution in [2.24, 2.45) is 0 Å². The standard InChI is InChI=1S/C20H22N2O2.BrH/c1-2-23-18-14-16-8-6-11-22-20(16)19(15-18)21-12-7-13-24-17-9-4-3-5-10-17;/h3-6,8-11,14-15,21H,2,7,12-13H2,1H3;1H. The maximum atomic E-state index is 5.71. The summed E-state index contributed by atoms with van der Waals surface area (Å²) in [5, 5.41) is 4.53. The van der Waals surface area contributed by atoms with Crippen molar-refractivity contribution in [3.63, 3.8) is 0 Å². The lowest BCUT2D eigenvalue weighted by Crippen LogP contribution is -2.08. The predicted molar refractivity (Wildman–Crippen MR) is 108 cm³/mol. The fourth-order valence-electron chi connectivity index (χ4n) is 2.55. The van der Waals surface area contributed by atoms with Crippen LogP contribution in [-0.2, 0) is 0 Å². The lowest BCUT2D eigenvalue weighted by Gasteiger charge is -2.12. The van der Waals surface area contributed by atoms with Gasteiger partial charge in [0.2, 0.25) is 0 Å². The summed E-state index contributed by atoms with van der Waals surface area (Å²) in [7, 11) is 0. The average molecular weight is 403 g/mol. The highest BCUT2D eigenvalue weighted by atomic mass is 79.9. The van der Waals surface area contributed by atoms with Gasteiger partial charge < -0.3 is 14.8 Å². The number of pyridine rings is 1. The molecule has 1 heterocycles. The Morgan fingerprint density at radius 3 is 2.60 bits per heavy atom. The summed E-state index contributed by atoms with van der Waals surface area (Å²) in [5.41, 5.74) is 1.96. The number of nitrogens with one attached hydrogen (secondary N) is 1. The first-order valence-electron chi connectivity index (χ1n) is 8.30. The molecule has 0 bridgehead atoms. The molecule has 0 radical (unpaired) electrons. The van der Waals surface area contributed by atoms with E-state index in [-0.39, 0.29) is 17.0 Å². The summed E-state index contributed by atoms with van der Waals surface area (Å²) in [5.74, 6) is 1.77. The SMILES string of the molecule is Br.CCOc1cc(NCCCOc2ccccc2)c2ncccc2c1. The fraction of sp³-hybridized carbons (Fsp3) is 0.250. The molecule has 1 aromatic heterocycles. The Balaban J connectivity index is 0.00000225. The van der Waals surface area contributed by atoms with Crippen LogP contribution in [0.3, 0.4) is 0 Å². The molecule has 0 aliphatic heterocycles. The first kappa shape index (κ1) is 19.1. The molecule has 0 saturated heterocycles. The van der Waals surface area contributed by atoms with Crippen molar-refractivity contribution in [2.45, 2.75) is 13.3 Å².